The lowest BCUT2D eigenvalue weighted by molar-refractivity contribution is 0.257. The van der Waals surface area contributed by atoms with E-state index in [1.807, 2.05) is 0 Å². The molecule has 0 saturated carbocycles. The molecule has 1 heterocycles. The standard InChI is InChI=1S/C31H62N2/c1-3-5-7-9-11-13-15-16-17-18-20-22-24-26-28-33-30-29-32(31-33)27-25-23-21-19-14-12-10-8-6-4-2/h29-30H,3-28,31H2,1-2H3. The molecule has 0 spiro atoms. The van der Waals surface area contributed by atoms with Crippen molar-refractivity contribution in [3.63, 3.8) is 0 Å². The Morgan fingerprint density at radius 2 is 0.606 bits per heavy atom. The predicted molar refractivity (Wildman–Crippen MR) is 150 cm³/mol. The van der Waals surface area contributed by atoms with Gasteiger partial charge < -0.3 is 9.80 Å². The topological polar surface area (TPSA) is 6.48 Å². The van der Waals surface area contributed by atoms with Crippen LogP contribution in [0.4, 0.5) is 0 Å². The molecule has 0 bridgehead atoms. The Kier molecular flexibility index (Phi) is 22.5. The molecular weight excluding hydrogens is 400 g/mol. The monoisotopic (exact) mass is 462 g/mol. The maximum Gasteiger partial charge on any atom is 0.0893 e. The van der Waals surface area contributed by atoms with Crippen molar-refractivity contribution in [1.82, 2.24) is 9.80 Å². The van der Waals surface area contributed by atoms with Gasteiger partial charge in [0, 0.05) is 25.5 Å². The maximum absolute atomic E-state index is 2.52. The molecular formula is C31H62N2. The maximum atomic E-state index is 2.52. The summed E-state index contributed by atoms with van der Waals surface area (Å²) in [6.45, 7) is 8.24. The highest BCUT2D eigenvalue weighted by Crippen LogP contribution is 2.15. The Balaban J connectivity index is 1.77. The van der Waals surface area contributed by atoms with Crippen LogP contribution in [0.2, 0.25) is 0 Å². The number of hydrogen-bond donors (Lipinski definition) is 0. The van der Waals surface area contributed by atoms with Gasteiger partial charge in [0.05, 0.1) is 6.67 Å². The fourth-order valence-corrected chi connectivity index (χ4v) is 5.12. The van der Waals surface area contributed by atoms with Crippen LogP contribution in [0.25, 0.3) is 0 Å². The van der Waals surface area contributed by atoms with E-state index >= 15 is 0 Å². The number of unbranched alkanes of at least 4 members (excludes halogenated alkanes) is 22. The lowest BCUT2D eigenvalue weighted by Gasteiger charge is -2.21. The molecule has 0 saturated heterocycles. The van der Waals surface area contributed by atoms with Crippen LogP contribution in [-0.2, 0) is 0 Å². The first-order chi connectivity index (χ1) is 16.4. The summed E-state index contributed by atoms with van der Waals surface area (Å²) in [6, 6.07) is 0. The van der Waals surface area contributed by atoms with Crippen molar-refractivity contribution in [2.24, 2.45) is 0 Å². The molecule has 0 radical (unpaired) electrons. The van der Waals surface area contributed by atoms with Gasteiger partial charge in [0.2, 0.25) is 0 Å². The Morgan fingerprint density at radius 1 is 0.364 bits per heavy atom. The van der Waals surface area contributed by atoms with Crippen molar-refractivity contribution in [1.29, 1.82) is 0 Å². The quantitative estimate of drug-likeness (QED) is 0.118. The Hall–Kier alpha value is -0.660. The lowest BCUT2D eigenvalue weighted by Crippen LogP contribution is -2.26. The van der Waals surface area contributed by atoms with Crippen LogP contribution < -0.4 is 0 Å². The van der Waals surface area contributed by atoms with E-state index < -0.39 is 0 Å². The second-order valence-corrected chi connectivity index (χ2v) is 10.8. The van der Waals surface area contributed by atoms with E-state index in [0.29, 0.717) is 0 Å². The minimum absolute atomic E-state index is 1.13. The minimum Gasteiger partial charge on any atom is -0.359 e. The van der Waals surface area contributed by atoms with Gasteiger partial charge in [-0.05, 0) is 12.8 Å². The van der Waals surface area contributed by atoms with Gasteiger partial charge in [-0.15, -0.1) is 0 Å². The van der Waals surface area contributed by atoms with Crippen LogP contribution in [0.1, 0.15) is 168 Å². The summed E-state index contributed by atoms with van der Waals surface area (Å²) in [6.07, 6.45) is 39.2. The molecule has 0 amide bonds. The summed E-state index contributed by atoms with van der Waals surface area (Å²) in [5.41, 5.74) is 0. The smallest absolute Gasteiger partial charge is 0.0893 e. The van der Waals surface area contributed by atoms with Crippen molar-refractivity contribution in [3.05, 3.63) is 12.4 Å². The summed E-state index contributed by atoms with van der Waals surface area (Å²) < 4.78 is 0. The van der Waals surface area contributed by atoms with Crippen LogP contribution in [0, 0.1) is 0 Å². The molecule has 0 aromatic heterocycles. The van der Waals surface area contributed by atoms with Gasteiger partial charge in [0.25, 0.3) is 0 Å². The Labute approximate surface area is 210 Å². The molecule has 196 valence electrons. The number of nitrogens with zero attached hydrogens (tertiary/aromatic N) is 2. The van der Waals surface area contributed by atoms with E-state index in [4.69, 9.17) is 0 Å². The molecule has 0 unspecified atom stereocenters. The van der Waals surface area contributed by atoms with Gasteiger partial charge in [-0.25, -0.2) is 0 Å². The van der Waals surface area contributed by atoms with Crippen LogP contribution in [-0.4, -0.2) is 29.6 Å². The summed E-state index contributed by atoms with van der Waals surface area (Å²) in [7, 11) is 0. The van der Waals surface area contributed by atoms with E-state index in [1.165, 1.54) is 167 Å². The minimum atomic E-state index is 1.13. The third kappa shape index (κ3) is 20.4. The van der Waals surface area contributed by atoms with Gasteiger partial charge in [-0.1, -0.05) is 155 Å². The average molecular weight is 463 g/mol. The fourth-order valence-electron chi connectivity index (χ4n) is 5.12. The molecule has 0 fully saturated rings. The van der Waals surface area contributed by atoms with Gasteiger partial charge in [-0.2, -0.15) is 0 Å². The molecule has 1 aliphatic heterocycles. The molecule has 0 atom stereocenters. The van der Waals surface area contributed by atoms with Crippen LogP contribution >= 0.6 is 0 Å². The van der Waals surface area contributed by atoms with Crippen LogP contribution in [0.15, 0.2) is 12.4 Å². The van der Waals surface area contributed by atoms with E-state index in [2.05, 4.69) is 36.0 Å². The van der Waals surface area contributed by atoms with Crippen molar-refractivity contribution in [3.8, 4) is 0 Å². The van der Waals surface area contributed by atoms with Crippen LogP contribution in [0.3, 0.4) is 0 Å². The molecule has 33 heavy (non-hydrogen) atoms. The van der Waals surface area contributed by atoms with Gasteiger partial charge in [-0.3, -0.25) is 0 Å². The highest BCUT2D eigenvalue weighted by atomic mass is 15.3. The molecule has 2 heteroatoms. The number of rotatable bonds is 26. The Morgan fingerprint density at radius 3 is 0.879 bits per heavy atom. The van der Waals surface area contributed by atoms with E-state index in [-0.39, 0.29) is 0 Å². The summed E-state index contributed by atoms with van der Waals surface area (Å²) >= 11 is 0. The second-order valence-electron chi connectivity index (χ2n) is 10.8. The van der Waals surface area contributed by atoms with Crippen molar-refractivity contribution >= 4 is 0 Å². The lowest BCUT2D eigenvalue weighted by atomic mass is 10.0. The zero-order chi connectivity index (χ0) is 23.7. The molecule has 0 N–H and O–H groups in total. The molecule has 1 rings (SSSR count). The predicted octanol–water partition coefficient (Wildman–Crippen LogP) is 10.4. The third-order valence-electron chi connectivity index (χ3n) is 7.45. The third-order valence-corrected chi connectivity index (χ3v) is 7.45. The van der Waals surface area contributed by atoms with E-state index in [1.54, 1.807) is 0 Å². The summed E-state index contributed by atoms with van der Waals surface area (Å²) in [5, 5.41) is 0. The van der Waals surface area contributed by atoms with E-state index in [9.17, 15) is 0 Å². The molecule has 1 aliphatic rings. The van der Waals surface area contributed by atoms with Gasteiger partial charge >= 0.3 is 0 Å². The summed E-state index contributed by atoms with van der Waals surface area (Å²) in [5.74, 6) is 0. The molecule has 0 aromatic rings. The van der Waals surface area contributed by atoms with Crippen LogP contribution in [0.5, 0.6) is 0 Å². The first-order valence-electron chi connectivity index (χ1n) is 15.5. The summed E-state index contributed by atoms with van der Waals surface area (Å²) in [4.78, 5) is 5.05. The molecule has 0 aromatic carbocycles. The largest absolute Gasteiger partial charge is 0.359 e. The second kappa shape index (κ2) is 24.5. The number of hydrogen-bond acceptors (Lipinski definition) is 2. The average Bonchev–Trinajstić information content (AvgIpc) is 3.28. The highest BCUT2D eigenvalue weighted by molar-refractivity contribution is 4.90. The van der Waals surface area contributed by atoms with Gasteiger partial charge in [0.15, 0.2) is 0 Å². The van der Waals surface area contributed by atoms with Crippen molar-refractivity contribution in [2.75, 3.05) is 19.8 Å². The first-order valence-corrected chi connectivity index (χ1v) is 15.5. The first kappa shape index (κ1) is 30.4. The molecule has 0 aliphatic carbocycles. The van der Waals surface area contributed by atoms with Crippen molar-refractivity contribution in [2.45, 2.75) is 168 Å². The fraction of sp³-hybridized carbons (Fsp3) is 0.935. The Bertz CT molecular complexity index is 406. The van der Waals surface area contributed by atoms with Crippen molar-refractivity contribution < 1.29 is 0 Å². The molecule has 2 nitrogen and oxygen atoms in total. The normalized spacial score (nSPS) is 13.5. The van der Waals surface area contributed by atoms with E-state index in [0.717, 1.165) is 6.67 Å². The van der Waals surface area contributed by atoms with Gasteiger partial charge in [0.1, 0.15) is 0 Å². The highest BCUT2D eigenvalue weighted by Gasteiger charge is 2.10. The SMILES string of the molecule is CCCCCCCCCCCCCCCCN1C=CN(CCCCCCCCCCCC)C1. The zero-order valence-corrected chi connectivity index (χ0v) is 23.1. The zero-order valence-electron chi connectivity index (χ0n) is 23.1.